The summed E-state index contributed by atoms with van der Waals surface area (Å²) in [6, 6.07) is 0. The molecule has 1 unspecified atom stereocenters. The molecule has 0 amide bonds. The van der Waals surface area contributed by atoms with Crippen molar-refractivity contribution >= 4 is 11.6 Å². The normalized spacial score (nSPS) is 14.8. The van der Waals surface area contributed by atoms with E-state index in [-0.39, 0.29) is 17.2 Å². The molecule has 0 saturated carbocycles. The average molecular weight is 193 g/mol. The average Bonchev–Trinajstić information content (AvgIpc) is 2.30. The van der Waals surface area contributed by atoms with E-state index >= 15 is 0 Å². The molecule has 0 aliphatic carbocycles. The molecule has 1 heterocycles. The quantitative estimate of drug-likeness (QED) is 0.676. The Morgan fingerprint density at radius 1 is 1.50 bits per heavy atom. The van der Waals surface area contributed by atoms with Crippen molar-refractivity contribution in [2.24, 2.45) is 0 Å². The number of hydrogen-bond donors (Lipinski definition) is 0. The summed E-state index contributed by atoms with van der Waals surface area (Å²) in [7, 11) is 0. The van der Waals surface area contributed by atoms with Crippen LogP contribution in [0.5, 0.6) is 0 Å². The van der Waals surface area contributed by atoms with Crippen molar-refractivity contribution in [3.05, 3.63) is 11.8 Å². The zero-order valence-electron chi connectivity index (χ0n) is 7.14. The van der Waals surface area contributed by atoms with Crippen molar-refractivity contribution in [3.63, 3.8) is 0 Å². The van der Waals surface area contributed by atoms with Gasteiger partial charge in [-0.15, -0.1) is 21.8 Å². The van der Waals surface area contributed by atoms with Crippen LogP contribution in [0.4, 0.5) is 4.39 Å². The van der Waals surface area contributed by atoms with Gasteiger partial charge in [-0.05, 0) is 20.8 Å². The van der Waals surface area contributed by atoms with Crippen LogP contribution >= 0.6 is 11.6 Å². The standard InChI is InChI=1S/C7H10ClFN2O/c1-4(8)5-10-11-6(12-5)7(2,3)9/h4H,1-3H3. The molecule has 0 aliphatic heterocycles. The molecule has 0 spiro atoms. The Labute approximate surface area is 74.9 Å². The Morgan fingerprint density at radius 3 is 2.33 bits per heavy atom. The van der Waals surface area contributed by atoms with E-state index < -0.39 is 5.67 Å². The number of hydrogen-bond acceptors (Lipinski definition) is 3. The zero-order chi connectivity index (χ0) is 9.35. The van der Waals surface area contributed by atoms with E-state index in [4.69, 9.17) is 16.0 Å². The first-order valence-electron chi connectivity index (χ1n) is 3.58. The topological polar surface area (TPSA) is 38.9 Å². The molecule has 1 rings (SSSR count). The first-order valence-corrected chi connectivity index (χ1v) is 4.02. The van der Waals surface area contributed by atoms with Gasteiger partial charge >= 0.3 is 0 Å². The van der Waals surface area contributed by atoms with Crippen molar-refractivity contribution in [2.75, 3.05) is 0 Å². The molecule has 5 heteroatoms. The maximum absolute atomic E-state index is 13.2. The lowest BCUT2D eigenvalue weighted by molar-refractivity contribution is 0.167. The molecule has 0 N–H and O–H groups in total. The van der Waals surface area contributed by atoms with Crippen LogP contribution in [0.15, 0.2) is 4.42 Å². The van der Waals surface area contributed by atoms with E-state index in [1.54, 1.807) is 6.92 Å². The molecule has 1 aromatic heterocycles. The molecular weight excluding hydrogens is 183 g/mol. The molecule has 0 fully saturated rings. The smallest absolute Gasteiger partial charge is 0.253 e. The van der Waals surface area contributed by atoms with Gasteiger partial charge in [0.05, 0.1) is 0 Å². The second-order valence-electron chi connectivity index (χ2n) is 3.03. The van der Waals surface area contributed by atoms with Gasteiger partial charge < -0.3 is 4.42 Å². The minimum atomic E-state index is -1.60. The van der Waals surface area contributed by atoms with Gasteiger partial charge in [-0.25, -0.2) is 4.39 Å². The molecule has 3 nitrogen and oxygen atoms in total. The molecule has 0 radical (unpaired) electrons. The minimum absolute atomic E-state index is 0.0370. The summed E-state index contributed by atoms with van der Waals surface area (Å²) in [6.07, 6.45) is 0. The number of halogens is 2. The third-order valence-electron chi connectivity index (χ3n) is 1.29. The SMILES string of the molecule is CC(Cl)c1nnc(C(C)(C)F)o1. The summed E-state index contributed by atoms with van der Waals surface area (Å²) in [4.78, 5) is 0. The van der Waals surface area contributed by atoms with Crippen molar-refractivity contribution in [1.29, 1.82) is 0 Å². The van der Waals surface area contributed by atoms with Crippen LogP contribution in [0.2, 0.25) is 0 Å². The van der Waals surface area contributed by atoms with E-state index in [9.17, 15) is 4.39 Å². The summed E-state index contributed by atoms with van der Waals surface area (Å²) >= 11 is 5.65. The first-order chi connectivity index (χ1) is 5.41. The highest BCUT2D eigenvalue weighted by atomic mass is 35.5. The van der Waals surface area contributed by atoms with Gasteiger partial charge in [0.25, 0.3) is 5.89 Å². The molecule has 12 heavy (non-hydrogen) atoms. The summed E-state index contributed by atoms with van der Waals surface area (Å²) < 4.78 is 18.1. The molecule has 0 saturated heterocycles. The minimum Gasteiger partial charge on any atom is -0.420 e. The lowest BCUT2D eigenvalue weighted by Crippen LogP contribution is -2.09. The fraction of sp³-hybridized carbons (Fsp3) is 0.714. The number of nitrogens with zero attached hydrogens (tertiary/aromatic N) is 2. The molecule has 1 atom stereocenters. The van der Waals surface area contributed by atoms with Crippen molar-refractivity contribution in [1.82, 2.24) is 10.2 Å². The Balaban J connectivity index is 2.92. The zero-order valence-corrected chi connectivity index (χ0v) is 7.89. The van der Waals surface area contributed by atoms with Gasteiger partial charge in [0.2, 0.25) is 5.89 Å². The Bertz CT molecular complexity index is 267. The fourth-order valence-corrected chi connectivity index (χ4v) is 0.724. The van der Waals surface area contributed by atoms with Gasteiger partial charge in [0.1, 0.15) is 5.38 Å². The van der Waals surface area contributed by atoms with Gasteiger partial charge in [0, 0.05) is 0 Å². The van der Waals surface area contributed by atoms with Gasteiger partial charge in [-0.3, -0.25) is 0 Å². The van der Waals surface area contributed by atoms with Crippen LogP contribution in [-0.2, 0) is 5.67 Å². The highest BCUT2D eigenvalue weighted by molar-refractivity contribution is 6.20. The maximum atomic E-state index is 13.2. The Kier molecular flexibility index (Phi) is 2.37. The van der Waals surface area contributed by atoms with Crippen LogP contribution in [0.25, 0.3) is 0 Å². The van der Waals surface area contributed by atoms with E-state index in [1.165, 1.54) is 13.8 Å². The Morgan fingerprint density at radius 2 is 2.08 bits per heavy atom. The molecule has 0 bridgehead atoms. The first kappa shape index (κ1) is 9.45. The monoisotopic (exact) mass is 192 g/mol. The van der Waals surface area contributed by atoms with Crippen LogP contribution in [0.1, 0.15) is 37.9 Å². The predicted molar refractivity (Wildman–Crippen MR) is 42.7 cm³/mol. The van der Waals surface area contributed by atoms with Crippen LogP contribution in [-0.4, -0.2) is 10.2 Å². The summed E-state index contributed by atoms with van der Waals surface area (Å²) in [5, 5.41) is 6.75. The number of rotatable bonds is 2. The molecule has 0 aromatic carbocycles. The number of aromatic nitrogens is 2. The molecule has 0 aliphatic rings. The van der Waals surface area contributed by atoms with E-state index in [0.29, 0.717) is 0 Å². The van der Waals surface area contributed by atoms with E-state index in [0.717, 1.165) is 0 Å². The van der Waals surface area contributed by atoms with Crippen LogP contribution < -0.4 is 0 Å². The molecule has 68 valence electrons. The summed E-state index contributed by atoms with van der Waals surface area (Å²) in [5.74, 6) is 0.211. The largest absolute Gasteiger partial charge is 0.420 e. The highest BCUT2D eigenvalue weighted by Crippen LogP contribution is 2.26. The third kappa shape index (κ3) is 1.94. The van der Waals surface area contributed by atoms with E-state index in [2.05, 4.69) is 10.2 Å². The van der Waals surface area contributed by atoms with Gasteiger partial charge in [-0.1, -0.05) is 0 Å². The molecule has 1 aromatic rings. The van der Waals surface area contributed by atoms with Crippen molar-refractivity contribution < 1.29 is 8.81 Å². The second-order valence-corrected chi connectivity index (χ2v) is 3.69. The summed E-state index contributed by atoms with van der Waals surface area (Å²) in [5.41, 5.74) is -1.60. The second kappa shape index (κ2) is 3.01. The van der Waals surface area contributed by atoms with Crippen LogP contribution in [0, 0.1) is 0 Å². The Hall–Kier alpha value is -0.640. The van der Waals surface area contributed by atoms with Gasteiger partial charge in [0.15, 0.2) is 5.67 Å². The van der Waals surface area contributed by atoms with Crippen LogP contribution in [0.3, 0.4) is 0 Å². The summed E-state index contributed by atoms with van der Waals surface area (Å²) in [6.45, 7) is 4.39. The maximum Gasteiger partial charge on any atom is 0.253 e. The van der Waals surface area contributed by atoms with Gasteiger partial charge in [-0.2, -0.15) is 0 Å². The molecular formula is C7H10ClFN2O. The highest BCUT2D eigenvalue weighted by Gasteiger charge is 2.27. The predicted octanol–water partition coefficient (Wildman–Crippen LogP) is 2.57. The third-order valence-corrected chi connectivity index (χ3v) is 1.48. The van der Waals surface area contributed by atoms with Crippen molar-refractivity contribution in [3.8, 4) is 0 Å². The lowest BCUT2D eigenvalue weighted by atomic mass is 10.2. The van der Waals surface area contributed by atoms with E-state index in [1.807, 2.05) is 0 Å². The van der Waals surface area contributed by atoms with Crippen molar-refractivity contribution in [2.45, 2.75) is 31.8 Å². The lowest BCUT2D eigenvalue weighted by Gasteiger charge is -2.06. The fourth-order valence-electron chi connectivity index (χ4n) is 0.636. The number of alkyl halides is 2.